The molecule has 1 aromatic rings. The average molecular weight is 473 g/mol. The quantitative estimate of drug-likeness (QED) is 0.249. The fraction of sp³-hybridized carbons (Fsp3) is 0.556. The van der Waals surface area contributed by atoms with Gasteiger partial charge in [0.05, 0.1) is 16.2 Å². The van der Waals surface area contributed by atoms with Crippen LogP contribution in [0, 0.1) is 22.5 Å². The van der Waals surface area contributed by atoms with Crippen LogP contribution in [-0.2, 0) is 10.0 Å². The Hall–Kier alpha value is -1.67. The highest BCUT2D eigenvalue weighted by Crippen LogP contribution is 2.35. The van der Waals surface area contributed by atoms with Gasteiger partial charge in [0.2, 0.25) is 10.0 Å². The van der Waals surface area contributed by atoms with Gasteiger partial charge in [0.1, 0.15) is 4.90 Å². The zero-order valence-corrected chi connectivity index (χ0v) is 18.5. The number of terminal acetylenes is 1. The number of alkyl halides is 1. The molecule has 28 heavy (non-hydrogen) atoms. The molecule has 1 aromatic carbocycles. The second-order valence-electron chi connectivity index (χ2n) is 6.62. The van der Waals surface area contributed by atoms with E-state index < -0.39 is 14.9 Å². The van der Waals surface area contributed by atoms with Gasteiger partial charge in [0.15, 0.2) is 0 Å². The van der Waals surface area contributed by atoms with Gasteiger partial charge in [-0.25, -0.2) is 8.42 Å². The largest absolute Gasteiger partial charge is 0.369 e. The monoisotopic (exact) mass is 472 g/mol. The van der Waals surface area contributed by atoms with Crippen molar-refractivity contribution in [1.82, 2.24) is 9.21 Å². The highest BCUT2D eigenvalue weighted by Gasteiger charge is 2.34. The highest BCUT2D eigenvalue weighted by molar-refractivity contribution is 9.09. The molecule has 10 heteroatoms. The molecule has 154 valence electrons. The number of sulfonamides is 1. The summed E-state index contributed by atoms with van der Waals surface area (Å²) in [6, 6.07) is 2.41. The van der Waals surface area contributed by atoms with E-state index in [9.17, 15) is 18.5 Å². The van der Waals surface area contributed by atoms with Crippen LogP contribution in [-0.4, -0.2) is 74.2 Å². The van der Waals surface area contributed by atoms with Crippen LogP contribution < -0.4 is 4.90 Å². The number of likely N-dealkylation sites (N-methyl/N-ethyl adjacent to an activating group) is 1. The van der Waals surface area contributed by atoms with Crippen molar-refractivity contribution < 1.29 is 13.3 Å². The minimum Gasteiger partial charge on any atom is -0.369 e. The van der Waals surface area contributed by atoms with E-state index in [1.54, 1.807) is 0 Å². The van der Waals surface area contributed by atoms with Gasteiger partial charge in [0, 0.05) is 56.7 Å². The lowest BCUT2D eigenvalue weighted by Crippen LogP contribution is -2.47. The van der Waals surface area contributed by atoms with Crippen molar-refractivity contribution in [2.24, 2.45) is 0 Å². The third-order valence-electron chi connectivity index (χ3n) is 4.67. The number of hydrogen-bond acceptors (Lipinski definition) is 6. The molecule has 0 N–H and O–H groups in total. The number of nitrogens with zero attached hydrogens (tertiary/aromatic N) is 4. The first-order valence-electron chi connectivity index (χ1n) is 9.04. The van der Waals surface area contributed by atoms with E-state index >= 15 is 0 Å². The van der Waals surface area contributed by atoms with Crippen molar-refractivity contribution in [3.63, 3.8) is 0 Å². The summed E-state index contributed by atoms with van der Waals surface area (Å²) in [5.74, 6) is 2.46. The molecular formula is C18H25BrN4O4S. The Labute approximate surface area is 174 Å². The number of rotatable bonds is 8. The van der Waals surface area contributed by atoms with Crippen LogP contribution in [0.25, 0.3) is 0 Å². The fourth-order valence-corrected chi connectivity index (χ4v) is 5.31. The first-order chi connectivity index (χ1) is 13.3. The van der Waals surface area contributed by atoms with Crippen molar-refractivity contribution in [3.05, 3.63) is 27.8 Å². The van der Waals surface area contributed by atoms with Crippen LogP contribution in [0.3, 0.4) is 0 Å². The zero-order valence-electron chi connectivity index (χ0n) is 16.1. The van der Waals surface area contributed by atoms with E-state index in [0.29, 0.717) is 50.3 Å². The number of piperazine rings is 1. The smallest absolute Gasteiger partial charge is 0.272 e. The second-order valence-corrected chi connectivity index (χ2v) is 9.32. The minimum absolute atomic E-state index is 0.0893. The predicted molar refractivity (Wildman–Crippen MR) is 114 cm³/mol. The van der Waals surface area contributed by atoms with Crippen LogP contribution in [0.15, 0.2) is 17.0 Å². The summed E-state index contributed by atoms with van der Waals surface area (Å²) in [4.78, 5) is 14.6. The van der Waals surface area contributed by atoms with Crippen molar-refractivity contribution in [2.45, 2.75) is 18.2 Å². The Balaban J connectivity index is 2.69. The molecule has 0 bridgehead atoms. The third-order valence-corrected chi connectivity index (χ3v) is 6.94. The normalized spacial score (nSPS) is 15.9. The standard InChI is InChI=1S/C18H25BrN4O4S/c1-4-7-21(8-6-19)18-15(5-2)13-16(23(24)25)14-17(18)28(26,27)22-11-9-20(3)10-12-22/h2,13-14H,4,6-12H2,1,3H3. The number of nitro groups is 1. The summed E-state index contributed by atoms with van der Waals surface area (Å²) in [5.41, 5.74) is 0.268. The maximum Gasteiger partial charge on any atom is 0.272 e. The maximum atomic E-state index is 13.4. The summed E-state index contributed by atoms with van der Waals surface area (Å²) in [6.07, 6.45) is 6.41. The summed E-state index contributed by atoms with van der Waals surface area (Å²) in [7, 11) is -2.01. The van der Waals surface area contributed by atoms with Crippen LogP contribution in [0.2, 0.25) is 0 Å². The lowest BCUT2D eigenvalue weighted by Gasteiger charge is -2.33. The van der Waals surface area contributed by atoms with Crippen LogP contribution in [0.1, 0.15) is 18.9 Å². The van der Waals surface area contributed by atoms with Gasteiger partial charge in [0.25, 0.3) is 5.69 Å². The van der Waals surface area contributed by atoms with E-state index in [1.165, 1.54) is 10.4 Å². The molecule has 0 spiro atoms. The Morgan fingerprint density at radius 1 is 1.29 bits per heavy atom. The molecule has 1 aliphatic rings. The van der Waals surface area contributed by atoms with Crippen molar-refractivity contribution >= 4 is 37.3 Å². The van der Waals surface area contributed by atoms with Crippen LogP contribution in [0.4, 0.5) is 11.4 Å². The Bertz CT molecular complexity index is 855. The van der Waals surface area contributed by atoms with Gasteiger partial charge < -0.3 is 9.80 Å². The molecule has 0 amide bonds. The Kier molecular flexibility index (Phi) is 7.83. The van der Waals surface area contributed by atoms with E-state index in [2.05, 4.69) is 21.9 Å². The molecule has 0 aliphatic carbocycles. The molecular weight excluding hydrogens is 448 g/mol. The average Bonchev–Trinajstić information content (AvgIpc) is 2.67. The van der Waals surface area contributed by atoms with E-state index in [1.807, 2.05) is 23.8 Å². The Morgan fingerprint density at radius 3 is 2.43 bits per heavy atom. The van der Waals surface area contributed by atoms with E-state index in [0.717, 1.165) is 12.5 Å². The van der Waals surface area contributed by atoms with E-state index in [4.69, 9.17) is 6.42 Å². The molecule has 1 fully saturated rings. The van der Waals surface area contributed by atoms with Gasteiger partial charge in [-0.05, 0) is 13.5 Å². The van der Waals surface area contributed by atoms with Crippen LogP contribution >= 0.6 is 15.9 Å². The SMILES string of the molecule is C#Cc1cc([N+](=O)[O-])cc(S(=O)(=O)N2CCN(C)CC2)c1N(CCC)CCBr. The molecule has 0 saturated carbocycles. The maximum absolute atomic E-state index is 13.4. The number of halogens is 1. The topological polar surface area (TPSA) is 87.0 Å². The number of hydrogen-bond donors (Lipinski definition) is 0. The minimum atomic E-state index is -3.94. The van der Waals surface area contributed by atoms with Gasteiger partial charge in [-0.3, -0.25) is 10.1 Å². The summed E-state index contributed by atoms with van der Waals surface area (Å²) < 4.78 is 28.3. The van der Waals surface area contributed by atoms with Crippen LogP contribution in [0.5, 0.6) is 0 Å². The molecule has 2 rings (SSSR count). The lowest BCUT2D eigenvalue weighted by atomic mass is 10.1. The van der Waals surface area contributed by atoms with Gasteiger partial charge in [-0.2, -0.15) is 4.31 Å². The number of non-ortho nitro benzene ring substituents is 1. The number of nitro benzene ring substituents is 1. The molecule has 1 heterocycles. The number of benzene rings is 1. The molecule has 0 radical (unpaired) electrons. The van der Waals surface area contributed by atoms with E-state index in [-0.39, 0.29) is 16.1 Å². The molecule has 0 unspecified atom stereocenters. The molecule has 8 nitrogen and oxygen atoms in total. The lowest BCUT2D eigenvalue weighted by molar-refractivity contribution is -0.385. The van der Waals surface area contributed by atoms with Gasteiger partial charge in [-0.1, -0.05) is 28.8 Å². The Morgan fingerprint density at radius 2 is 1.93 bits per heavy atom. The number of anilines is 1. The first-order valence-corrected chi connectivity index (χ1v) is 11.6. The van der Waals surface area contributed by atoms with Crippen molar-refractivity contribution in [1.29, 1.82) is 0 Å². The van der Waals surface area contributed by atoms with Crippen molar-refractivity contribution in [2.75, 3.05) is 56.5 Å². The third kappa shape index (κ3) is 4.84. The highest BCUT2D eigenvalue weighted by atomic mass is 79.9. The van der Waals surface area contributed by atoms with Crippen molar-refractivity contribution in [3.8, 4) is 12.3 Å². The molecule has 1 saturated heterocycles. The zero-order chi connectivity index (χ0) is 20.9. The first kappa shape index (κ1) is 22.6. The molecule has 0 atom stereocenters. The summed E-state index contributed by atoms with van der Waals surface area (Å²) in [6.45, 7) is 4.97. The molecule has 1 aliphatic heterocycles. The van der Waals surface area contributed by atoms with Gasteiger partial charge in [-0.15, -0.1) is 6.42 Å². The predicted octanol–water partition coefficient (Wildman–Crippen LogP) is 2.12. The summed E-state index contributed by atoms with van der Waals surface area (Å²) in [5, 5.41) is 12.0. The second kappa shape index (κ2) is 9.69. The fourth-order valence-electron chi connectivity index (χ4n) is 3.21. The summed E-state index contributed by atoms with van der Waals surface area (Å²) >= 11 is 3.39. The molecule has 0 aromatic heterocycles. The van der Waals surface area contributed by atoms with Gasteiger partial charge >= 0.3 is 0 Å².